The maximum atomic E-state index is 13.9. The van der Waals surface area contributed by atoms with E-state index in [9.17, 15) is 171 Å². The van der Waals surface area contributed by atoms with Crippen LogP contribution in [0.5, 0.6) is 0 Å². The van der Waals surface area contributed by atoms with Gasteiger partial charge >= 0.3 is 113 Å². The SMILES string of the molecule is FC1C(F)(F)C(F)(F)C(F)(F)C(F)(F)C(F)(F)C(F)(F)C(F)(F)C(F)(F)C(F)(F)C(F)(F)C(F)(F)C(F)(F)C(F)(F)C(F)(F)C(F)(F)C(F)(F)C(F)(F)C(F)(F)C1(F)F. The Bertz CT molecular complexity index is 1470. The third kappa shape index (κ3) is 5.35. The van der Waals surface area contributed by atoms with E-state index in [1.54, 1.807) is 0 Å². The molecule has 0 aromatic rings. The summed E-state index contributed by atoms with van der Waals surface area (Å²) in [7, 11) is 0. The molecule has 39 heteroatoms. The van der Waals surface area contributed by atoms with Gasteiger partial charge in [-0.25, -0.2) is 4.39 Å². The van der Waals surface area contributed by atoms with Crippen molar-refractivity contribution in [2.75, 3.05) is 0 Å². The molecule has 0 unspecified atom stereocenters. The largest absolute Gasteiger partial charge is 0.385 e. The lowest BCUT2D eigenvalue weighted by Gasteiger charge is -2.48. The molecule has 0 nitrogen and oxygen atoms in total. The van der Waals surface area contributed by atoms with E-state index in [0.717, 1.165) is 0 Å². The second kappa shape index (κ2) is 12.5. The lowest BCUT2D eigenvalue weighted by molar-refractivity contribution is -0.498. The topological polar surface area (TPSA) is 0 Å². The summed E-state index contributed by atoms with van der Waals surface area (Å²) in [4.78, 5) is 0. The zero-order chi connectivity index (χ0) is 49.1. The Morgan fingerprint density at radius 2 is 0.203 bits per heavy atom. The summed E-state index contributed by atoms with van der Waals surface area (Å²) in [6, 6.07) is 0. The van der Waals surface area contributed by atoms with Crippen LogP contribution in [-0.4, -0.2) is 119 Å². The van der Waals surface area contributed by atoms with E-state index in [1.165, 1.54) is 0 Å². The number of halogens is 39. The average molecular weight is 982 g/mol. The van der Waals surface area contributed by atoms with Gasteiger partial charge in [0.15, 0.2) is 0 Å². The van der Waals surface area contributed by atoms with E-state index >= 15 is 0 Å². The van der Waals surface area contributed by atoms with Crippen LogP contribution in [0.1, 0.15) is 0 Å². The Balaban J connectivity index is 4.95. The summed E-state index contributed by atoms with van der Waals surface area (Å²) in [6.07, 6.45) is -8.55. The molecule has 0 aromatic heterocycles. The van der Waals surface area contributed by atoms with Crippen LogP contribution in [-0.2, 0) is 0 Å². The third-order valence-corrected chi connectivity index (χ3v) is 7.78. The van der Waals surface area contributed by atoms with Gasteiger partial charge in [-0.3, -0.25) is 0 Å². The molecule has 0 spiro atoms. The molecule has 1 saturated carbocycles. The molecule has 1 aliphatic rings. The van der Waals surface area contributed by atoms with Crippen molar-refractivity contribution < 1.29 is 171 Å². The number of hydrogen-bond acceptors (Lipinski definition) is 0. The molecule has 354 valence electrons. The van der Waals surface area contributed by atoms with E-state index in [2.05, 4.69) is 0 Å². The van der Waals surface area contributed by atoms with Crippen molar-refractivity contribution in [2.45, 2.75) is 119 Å². The van der Waals surface area contributed by atoms with Crippen LogP contribution in [0, 0.1) is 0 Å². The maximum absolute atomic E-state index is 13.9. The molecule has 1 fully saturated rings. The van der Waals surface area contributed by atoms with Crippen LogP contribution < -0.4 is 0 Å². The molecule has 0 saturated heterocycles. The highest BCUT2D eigenvalue weighted by Gasteiger charge is 3.04. The molecule has 0 N–H and O–H groups in total. The van der Waals surface area contributed by atoms with Crippen LogP contribution >= 0.6 is 0 Å². The summed E-state index contributed by atoms with van der Waals surface area (Å²) in [5.41, 5.74) is 0. The predicted octanol–water partition coefficient (Wildman–Crippen LogP) is 12.4. The van der Waals surface area contributed by atoms with Gasteiger partial charge in [0, 0.05) is 0 Å². The summed E-state index contributed by atoms with van der Waals surface area (Å²) in [6.45, 7) is 0. The standard InChI is InChI=1S/C20HF39/c21-1-2(22,23)4(26,27)6(30,31)8(34,35)10(38,39)12(42,43)14(46,47)16(50,51)18(54,55)20(58,59)19(56,57)17(52,53)15(48,49)13(44,45)11(40,41)9(36,37)7(32,33)5(28,29)3(1,24)25/h1H. The van der Waals surface area contributed by atoms with Crippen LogP contribution in [0.3, 0.4) is 0 Å². The minimum absolute atomic E-state index is 8.55. The molecule has 1 aliphatic carbocycles. The highest BCUT2D eigenvalue weighted by molar-refractivity contribution is 5.25. The molecule has 0 aromatic carbocycles. The van der Waals surface area contributed by atoms with E-state index in [1.807, 2.05) is 0 Å². The van der Waals surface area contributed by atoms with E-state index in [0.29, 0.717) is 0 Å². The van der Waals surface area contributed by atoms with Crippen molar-refractivity contribution in [2.24, 2.45) is 0 Å². The van der Waals surface area contributed by atoms with Crippen LogP contribution in [0.4, 0.5) is 171 Å². The van der Waals surface area contributed by atoms with Crippen molar-refractivity contribution in [3.63, 3.8) is 0 Å². The zero-order valence-electron chi connectivity index (χ0n) is 24.8. The van der Waals surface area contributed by atoms with Crippen molar-refractivity contribution in [3.05, 3.63) is 0 Å². The molecule has 59 heavy (non-hydrogen) atoms. The quantitative estimate of drug-likeness (QED) is 0.212. The highest BCUT2D eigenvalue weighted by Crippen LogP contribution is 2.72. The number of alkyl halides is 39. The summed E-state index contributed by atoms with van der Waals surface area (Å²) in [5, 5.41) is 0. The smallest absolute Gasteiger partial charge is 0.234 e. The van der Waals surface area contributed by atoms with Crippen molar-refractivity contribution in [3.8, 4) is 0 Å². The first-order chi connectivity index (χ1) is 24.7. The van der Waals surface area contributed by atoms with Gasteiger partial charge in [-0.05, 0) is 0 Å². The van der Waals surface area contributed by atoms with Crippen molar-refractivity contribution in [1.29, 1.82) is 0 Å². The molecule has 0 bridgehead atoms. The molecular formula is C20HF39. The number of hydrogen-bond donors (Lipinski definition) is 0. The Hall–Kier alpha value is -2.73. The minimum Gasteiger partial charge on any atom is -0.234 e. The predicted molar refractivity (Wildman–Crippen MR) is 98.9 cm³/mol. The summed E-state index contributed by atoms with van der Waals surface area (Å²) < 4.78 is 542. The van der Waals surface area contributed by atoms with Crippen LogP contribution in [0.2, 0.25) is 0 Å². The van der Waals surface area contributed by atoms with Gasteiger partial charge in [-0.2, -0.15) is 167 Å². The molecule has 0 radical (unpaired) electrons. The first kappa shape index (κ1) is 54.3. The normalized spacial score (nSPS) is 33.8. The van der Waals surface area contributed by atoms with Gasteiger partial charge in [0.2, 0.25) is 6.17 Å². The zero-order valence-corrected chi connectivity index (χ0v) is 24.8. The molecule has 0 amide bonds. The van der Waals surface area contributed by atoms with E-state index in [-0.39, 0.29) is 0 Å². The van der Waals surface area contributed by atoms with Crippen LogP contribution in [0.15, 0.2) is 0 Å². The van der Waals surface area contributed by atoms with E-state index in [4.69, 9.17) is 0 Å². The fourth-order valence-electron chi connectivity index (χ4n) is 3.92. The highest BCUT2D eigenvalue weighted by atomic mass is 19.4. The first-order valence-electron chi connectivity index (χ1n) is 12.5. The Kier molecular flexibility index (Phi) is 11.5. The summed E-state index contributed by atoms with van der Waals surface area (Å²) >= 11 is 0. The Morgan fingerprint density at radius 1 is 0.136 bits per heavy atom. The number of rotatable bonds is 0. The van der Waals surface area contributed by atoms with Gasteiger partial charge in [0.25, 0.3) is 0 Å². The third-order valence-electron chi connectivity index (χ3n) is 7.78. The monoisotopic (exact) mass is 982 g/mol. The maximum Gasteiger partial charge on any atom is 0.385 e. The molecule has 0 atom stereocenters. The second-order valence-electron chi connectivity index (χ2n) is 11.4. The average Bonchev–Trinajstić information content (AvgIpc) is 3.01. The first-order valence-corrected chi connectivity index (χ1v) is 12.5. The van der Waals surface area contributed by atoms with Gasteiger partial charge in [0.05, 0.1) is 0 Å². The van der Waals surface area contributed by atoms with Crippen LogP contribution in [0.25, 0.3) is 0 Å². The fourth-order valence-corrected chi connectivity index (χ4v) is 3.92. The molecular weight excluding hydrogens is 981 g/mol. The van der Waals surface area contributed by atoms with E-state index < -0.39 is 119 Å². The van der Waals surface area contributed by atoms with Gasteiger partial charge in [-0.1, -0.05) is 0 Å². The van der Waals surface area contributed by atoms with Gasteiger partial charge in [0.1, 0.15) is 0 Å². The molecule has 0 heterocycles. The molecule has 0 aliphatic heterocycles. The van der Waals surface area contributed by atoms with Crippen molar-refractivity contribution >= 4 is 0 Å². The van der Waals surface area contributed by atoms with Gasteiger partial charge < -0.3 is 0 Å². The summed E-state index contributed by atoms with van der Waals surface area (Å²) in [5.74, 6) is -196. The second-order valence-corrected chi connectivity index (χ2v) is 11.4. The van der Waals surface area contributed by atoms with Crippen molar-refractivity contribution in [1.82, 2.24) is 0 Å². The van der Waals surface area contributed by atoms with Gasteiger partial charge in [-0.15, -0.1) is 0 Å². The lowest BCUT2D eigenvalue weighted by atomic mass is 9.80. The minimum atomic E-state index is -10.5. The molecule has 1 rings (SSSR count). The Labute approximate surface area is 291 Å². The Morgan fingerprint density at radius 3 is 0.288 bits per heavy atom. The fraction of sp³-hybridized carbons (Fsp3) is 1.00. The lowest BCUT2D eigenvalue weighted by Crippen LogP contribution is -2.81.